The molecular weight excluding hydrogens is 284 g/mol. The normalized spacial score (nSPS) is 14.8. The molecule has 0 aliphatic carbocycles. The molecule has 0 bridgehead atoms. The van der Waals surface area contributed by atoms with E-state index in [1.807, 2.05) is 6.92 Å². The lowest BCUT2D eigenvalue weighted by Crippen LogP contribution is -2.33. The van der Waals surface area contributed by atoms with Crippen LogP contribution in [-0.4, -0.2) is 24.2 Å². The van der Waals surface area contributed by atoms with Crippen molar-refractivity contribution in [3.05, 3.63) is 29.8 Å². The molecule has 0 aliphatic rings. The summed E-state index contributed by atoms with van der Waals surface area (Å²) in [7, 11) is 1.35. The number of benzene rings is 1. The highest BCUT2D eigenvalue weighted by Crippen LogP contribution is 2.32. The molecule has 2 unspecified atom stereocenters. The second-order valence-electron chi connectivity index (χ2n) is 5.73. The maximum absolute atomic E-state index is 12.1. The molecule has 0 amide bonds. The number of carbonyl (C=O) groups is 2. The van der Waals surface area contributed by atoms with Gasteiger partial charge in [0.05, 0.1) is 25.0 Å². The van der Waals surface area contributed by atoms with Crippen molar-refractivity contribution in [1.29, 1.82) is 0 Å². The van der Waals surface area contributed by atoms with E-state index in [2.05, 4.69) is 0 Å². The molecule has 122 valence electrons. The van der Waals surface area contributed by atoms with E-state index < -0.39 is 11.3 Å². The number of aliphatic hydroxyl groups excluding tert-OH is 1. The lowest BCUT2D eigenvalue weighted by Gasteiger charge is -2.27. The maximum Gasteiger partial charge on any atom is 0.314 e. The summed E-state index contributed by atoms with van der Waals surface area (Å²) in [4.78, 5) is 24.0. The van der Waals surface area contributed by atoms with Crippen molar-refractivity contribution in [2.24, 2.45) is 11.3 Å². The molecule has 1 aromatic rings. The summed E-state index contributed by atoms with van der Waals surface area (Å²) >= 11 is 0. The molecule has 0 aliphatic heterocycles. The Morgan fingerprint density at radius 1 is 1.27 bits per heavy atom. The first-order valence-electron chi connectivity index (χ1n) is 7.36. The maximum atomic E-state index is 12.1. The number of hydrogen-bond donors (Lipinski definition) is 1. The van der Waals surface area contributed by atoms with Crippen LogP contribution < -0.4 is 4.74 Å². The summed E-state index contributed by atoms with van der Waals surface area (Å²) < 4.78 is 10.1. The molecule has 0 saturated heterocycles. The van der Waals surface area contributed by atoms with Crippen LogP contribution in [0.4, 0.5) is 0 Å². The number of esters is 2. The fourth-order valence-electron chi connectivity index (χ4n) is 2.26. The number of hydrogen-bond acceptors (Lipinski definition) is 5. The predicted molar refractivity (Wildman–Crippen MR) is 82.2 cm³/mol. The van der Waals surface area contributed by atoms with Crippen LogP contribution >= 0.6 is 0 Å². The Morgan fingerprint density at radius 2 is 1.86 bits per heavy atom. The monoisotopic (exact) mass is 308 g/mol. The number of ether oxygens (including phenoxy) is 2. The predicted octanol–water partition coefficient (Wildman–Crippen LogP) is 2.70. The van der Waals surface area contributed by atoms with Gasteiger partial charge >= 0.3 is 11.9 Å². The standard InChI is InChI=1S/C17H24O5/c1-5-17(3,16(20)21-4)10-12(2)15(19)22-14-8-6-13(11-18)7-9-14/h6-9,12,18H,5,10-11H2,1-4H3. The molecule has 0 heterocycles. The summed E-state index contributed by atoms with van der Waals surface area (Å²) in [5.41, 5.74) is 0.0468. The third-order valence-electron chi connectivity index (χ3n) is 3.94. The van der Waals surface area contributed by atoms with Crippen LogP contribution in [0.5, 0.6) is 5.75 Å². The smallest absolute Gasteiger partial charge is 0.314 e. The highest BCUT2D eigenvalue weighted by molar-refractivity contribution is 5.79. The zero-order valence-corrected chi connectivity index (χ0v) is 13.6. The Kier molecular flexibility index (Phi) is 6.56. The first-order valence-corrected chi connectivity index (χ1v) is 7.36. The SMILES string of the molecule is CCC(C)(CC(C)C(=O)Oc1ccc(CO)cc1)C(=O)OC. The Hall–Kier alpha value is -1.88. The van der Waals surface area contributed by atoms with E-state index in [0.29, 0.717) is 18.6 Å². The molecule has 5 nitrogen and oxygen atoms in total. The minimum absolute atomic E-state index is 0.0569. The molecule has 22 heavy (non-hydrogen) atoms. The summed E-state index contributed by atoms with van der Waals surface area (Å²) in [6, 6.07) is 6.65. The summed E-state index contributed by atoms with van der Waals surface area (Å²) in [6.07, 6.45) is 0.951. The van der Waals surface area contributed by atoms with E-state index in [1.54, 1.807) is 38.1 Å². The van der Waals surface area contributed by atoms with Crippen molar-refractivity contribution in [3.8, 4) is 5.75 Å². The summed E-state index contributed by atoms with van der Waals surface area (Å²) in [5.74, 6) is -0.714. The van der Waals surface area contributed by atoms with Gasteiger partial charge in [-0.15, -0.1) is 0 Å². The molecule has 0 saturated carbocycles. The van der Waals surface area contributed by atoms with Crippen molar-refractivity contribution in [2.75, 3.05) is 7.11 Å². The van der Waals surface area contributed by atoms with Crippen LogP contribution in [0, 0.1) is 11.3 Å². The number of aliphatic hydroxyl groups is 1. The average Bonchev–Trinajstić information content (AvgIpc) is 2.54. The zero-order chi connectivity index (χ0) is 16.8. The Bertz CT molecular complexity index is 508. The molecule has 2 atom stereocenters. The van der Waals surface area contributed by atoms with Crippen LogP contribution in [0.3, 0.4) is 0 Å². The minimum Gasteiger partial charge on any atom is -0.469 e. The molecule has 5 heteroatoms. The topological polar surface area (TPSA) is 72.8 Å². The van der Waals surface area contributed by atoms with Crippen molar-refractivity contribution < 1.29 is 24.2 Å². The van der Waals surface area contributed by atoms with Gasteiger partial charge in [0, 0.05) is 0 Å². The number of carbonyl (C=O) groups excluding carboxylic acids is 2. The van der Waals surface area contributed by atoms with Gasteiger partial charge in [0.2, 0.25) is 0 Å². The van der Waals surface area contributed by atoms with Crippen molar-refractivity contribution in [2.45, 2.75) is 40.2 Å². The summed E-state index contributed by atoms with van der Waals surface area (Å²) in [5, 5.41) is 8.98. The molecule has 1 aromatic carbocycles. The van der Waals surface area contributed by atoms with E-state index in [1.165, 1.54) is 7.11 Å². The second kappa shape index (κ2) is 7.94. The fraction of sp³-hybridized carbons (Fsp3) is 0.529. The van der Waals surface area contributed by atoms with Gasteiger partial charge in [0.1, 0.15) is 5.75 Å². The minimum atomic E-state index is -0.700. The third kappa shape index (κ3) is 4.56. The molecule has 0 aromatic heterocycles. The number of methoxy groups -OCH3 is 1. The van der Waals surface area contributed by atoms with E-state index >= 15 is 0 Å². The molecular formula is C17H24O5. The van der Waals surface area contributed by atoms with Gasteiger partial charge in [-0.2, -0.15) is 0 Å². The van der Waals surface area contributed by atoms with E-state index in [-0.39, 0.29) is 18.5 Å². The quantitative estimate of drug-likeness (QED) is 0.619. The Morgan fingerprint density at radius 3 is 2.32 bits per heavy atom. The van der Waals surface area contributed by atoms with E-state index in [0.717, 1.165) is 5.56 Å². The van der Waals surface area contributed by atoms with Gasteiger partial charge in [0.15, 0.2) is 0 Å². The van der Waals surface area contributed by atoms with Gasteiger partial charge in [-0.3, -0.25) is 9.59 Å². The Balaban J connectivity index is 2.69. The largest absolute Gasteiger partial charge is 0.469 e. The highest BCUT2D eigenvalue weighted by atomic mass is 16.5. The molecule has 0 spiro atoms. The molecule has 0 fully saturated rings. The van der Waals surface area contributed by atoms with Crippen LogP contribution in [-0.2, 0) is 20.9 Å². The van der Waals surface area contributed by atoms with Crippen molar-refractivity contribution in [3.63, 3.8) is 0 Å². The first-order chi connectivity index (χ1) is 10.4. The van der Waals surface area contributed by atoms with Gasteiger partial charge in [-0.25, -0.2) is 0 Å². The van der Waals surface area contributed by atoms with Crippen LogP contribution in [0.1, 0.15) is 39.2 Å². The summed E-state index contributed by atoms with van der Waals surface area (Å²) in [6.45, 7) is 5.36. The second-order valence-corrected chi connectivity index (χ2v) is 5.73. The van der Waals surface area contributed by atoms with Crippen LogP contribution in [0.2, 0.25) is 0 Å². The van der Waals surface area contributed by atoms with E-state index in [9.17, 15) is 9.59 Å². The zero-order valence-electron chi connectivity index (χ0n) is 13.6. The highest BCUT2D eigenvalue weighted by Gasteiger charge is 2.36. The van der Waals surface area contributed by atoms with Crippen molar-refractivity contribution >= 4 is 11.9 Å². The van der Waals surface area contributed by atoms with Crippen molar-refractivity contribution in [1.82, 2.24) is 0 Å². The van der Waals surface area contributed by atoms with E-state index in [4.69, 9.17) is 14.6 Å². The van der Waals surface area contributed by atoms with Crippen LogP contribution in [0.25, 0.3) is 0 Å². The van der Waals surface area contributed by atoms with Gasteiger partial charge in [-0.05, 0) is 37.5 Å². The molecule has 1 N–H and O–H groups in total. The molecule has 0 radical (unpaired) electrons. The molecule has 1 rings (SSSR count). The van der Waals surface area contributed by atoms with Gasteiger partial charge in [-0.1, -0.05) is 26.0 Å². The number of rotatable bonds is 7. The average molecular weight is 308 g/mol. The lowest BCUT2D eigenvalue weighted by molar-refractivity contribution is -0.154. The first kappa shape index (κ1) is 18.2. The Labute approximate surface area is 131 Å². The van der Waals surface area contributed by atoms with Gasteiger partial charge < -0.3 is 14.6 Å². The van der Waals surface area contributed by atoms with Crippen LogP contribution in [0.15, 0.2) is 24.3 Å². The van der Waals surface area contributed by atoms with Gasteiger partial charge in [0.25, 0.3) is 0 Å². The lowest BCUT2D eigenvalue weighted by atomic mass is 9.79. The third-order valence-corrected chi connectivity index (χ3v) is 3.94. The fourth-order valence-corrected chi connectivity index (χ4v) is 2.26.